The quantitative estimate of drug-likeness (QED) is 0.729. The summed E-state index contributed by atoms with van der Waals surface area (Å²) >= 11 is 3.29. The second-order valence-corrected chi connectivity index (χ2v) is 5.72. The summed E-state index contributed by atoms with van der Waals surface area (Å²) in [5, 5.41) is 14.2. The van der Waals surface area contributed by atoms with Crippen molar-refractivity contribution in [1.29, 1.82) is 0 Å². The first-order valence-corrected chi connectivity index (χ1v) is 6.80. The molecule has 1 fully saturated rings. The topological polar surface area (TPSA) is 78.4 Å². The number of hydrogen-bond donors (Lipinski definition) is 3. The van der Waals surface area contributed by atoms with Crippen molar-refractivity contribution in [3.05, 3.63) is 28.7 Å². The fourth-order valence-electron chi connectivity index (χ4n) is 1.64. The molecule has 6 heteroatoms. The lowest BCUT2D eigenvalue weighted by atomic mass is 10.1. The van der Waals surface area contributed by atoms with Gasteiger partial charge in [0.25, 0.3) is 0 Å². The largest absolute Gasteiger partial charge is 0.396 e. The first-order chi connectivity index (χ1) is 9.04. The number of carbonyl (C=O) groups excluding carboxylic acids is 2. The Morgan fingerprint density at radius 3 is 2.37 bits per heavy atom. The lowest BCUT2D eigenvalue weighted by Gasteiger charge is -2.12. The third-order valence-corrected chi connectivity index (χ3v) is 3.75. The first-order valence-electron chi connectivity index (χ1n) is 6.00. The van der Waals surface area contributed by atoms with Crippen LogP contribution in [0.4, 0.5) is 5.69 Å². The molecule has 1 aromatic carbocycles. The van der Waals surface area contributed by atoms with Gasteiger partial charge < -0.3 is 15.7 Å². The van der Waals surface area contributed by atoms with Gasteiger partial charge in [-0.15, -0.1) is 0 Å². The predicted octanol–water partition coefficient (Wildman–Crippen LogP) is 1.28. The Kier molecular flexibility index (Phi) is 4.21. The molecule has 0 heterocycles. The lowest BCUT2D eigenvalue weighted by molar-refractivity contribution is -0.136. The molecule has 2 amide bonds. The predicted molar refractivity (Wildman–Crippen MR) is 74.5 cm³/mol. The minimum atomic E-state index is -0.698. The fourth-order valence-corrected chi connectivity index (χ4v) is 1.90. The molecule has 0 spiro atoms. The van der Waals surface area contributed by atoms with Crippen LogP contribution in [0.1, 0.15) is 12.8 Å². The van der Waals surface area contributed by atoms with Gasteiger partial charge in [0.2, 0.25) is 0 Å². The number of nitrogens with one attached hydrogen (secondary N) is 2. The van der Waals surface area contributed by atoms with Crippen LogP contribution in [0.5, 0.6) is 0 Å². The maximum atomic E-state index is 11.6. The number of halogens is 1. The molecule has 1 saturated carbocycles. The fraction of sp³-hybridized carbons (Fsp3) is 0.385. The van der Waals surface area contributed by atoms with E-state index >= 15 is 0 Å². The number of amides is 2. The van der Waals surface area contributed by atoms with Crippen molar-refractivity contribution in [1.82, 2.24) is 5.32 Å². The average Bonchev–Trinajstić information content (AvgIpc) is 3.19. The number of aliphatic hydroxyl groups is 1. The van der Waals surface area contributed by atoms with Crippen molar-refractivity contribution in [2.45, 2.75) is 12.8 Å². The second-order valence-electron chi connectivity index (χ2n) is 4.80. The minimum absolute atomic E-state index is 0.0433. The first kappa shape index (κ1) is 14.0. The third-order valence-electron chi connectivity index (χ3n) is 3.22. The van der Waals surface area contributed by atoms with Gasteiger partial charge in [0.1, 0.15) is 0 Å². The SMILES string of the molecule is O=C(NCC1(CO)CC1)C(=O)Nc1ccc(Br)cc1. The van der Waals surface area contributed by atoms with Crippen LogP contribution in [0, 0.1) is 5.41 Å². The standard InChI is InChI=1S/C13H15BrN2O3/c14-9-1-3-10(4-2-9)16-12(19)11(18)15-7-13(8-17)5-6-13/h1-4,17H,5-8H2,(H,15,18)(H,16,19). The summed E-state index contributed by atoms with van der Waals surface area (Å²) in [6.07, 6.45) is 1.77. The van der Waals surface area contributed by atoms with Crippen LogP contribution in [0.15, 0.2) is 28.7 Å². The summed E-state index contributed by atoms with van der Waals surface area (Å²) in [5.41, 5.74) is 0.361. The highest BCUT2D eigenvalue weighted by molar-refractivity contribution is 9.10. The van der Waals surface area contributed by atoms with Gasteiger partial charge in [-0.1, -0.05) is 15.9 Å². The molecule has 3 N–H and O–H groups in total. The summed E-state index contributed by atoms with van der Waals surface area (Å²) in [6, 6.07) is 6.95. The van der Waals surface area contributed by atoms with Gasteiger partial charge >= 0.3 is 11.8 Å². The molecule has 1 aromatic rings. The van der Waals surface area contributed by atoms with Gasteiger partial charge in [0.15, 0.2) is 0 Å². The van der Waals surface area contributed by atoms with Crippen molar-refractivity contribution >= 4 is 33.4 Å². The number of anilines is 1. The summed E-state index contributed by atoms with van der Waals surface area (Å²) in [5.74, 6) is -1.38. The maximum Gasteiger partial charge on any atom is 0.313 e. The highest BCUT2D eigenvalue weighted by Gasteiger charge is 2.42. The zero-order valence-corrected chi connectivity index (χ0v) is 11.9. The molecular weight excluding hydrogens is 312 g/mol. The number of carbonyl (C=O) groups is 2. The van der Waals surface area contributed by atoms with Crippen molar-refractivity contribution < 1.29 is 14.7 Å². The molecule has 0 unspecified atom stereocenters. The number of benzene rings is 1. The zero-order chi connectivity index (χ0) is 13.9. The maximum absolute atomic E-state index is 11.6. The molecule has 0 atom stereocenters. The Morgan fingerprint density at radius 1 is 1.21 bits per heavy atom. The Bertz CT molecular complexity index is 483. The smallest absolute Gasteiger partial charge is 0.313 e. The van der Waals surface area contributed by atoms with E-state index < -0.39 is 11.8 Å². The van der Waals surface area contributed by atoms with Crippen LogP contribution in [0.25, 0.3) is 0 Å². The van der Waals surface area contributed by atoms with E-state index in [4.69, 9.17) is 5.11 Å². The molecule has 0 aliphatic heterocycles. The summed E-state index contributed by atoms with van der Waals surface area (Å²) in [4.78, 5) is 23.2. The highest BCUT2D eigenvalue weighted by Crippen LogP contribution is 2.44. The molecule has 0 radical (unpaired) electrons. The molecule has 0 aromatic heterocycles. The number of aliphatic hydroxyl groups excluding tert-OH is 1. The molecule has 5 nitrogen and oxygen atoms in total. The van der Waals surface area contributed by atoms with E-state index in [1.807, 2.05) is 0 Å². The molecule has 0 bridgehead atoms. The average molecular weight is 327 g/mol. The van der Waals surface area contributed by atoms with Gasteiger partial charge in [-0.2, -0.15) is 0 Å². The van der Waals surface area contributed by atoms with Crippen LogP contribution in [0.2, 0.25) is 0 Å². The van der Waals surface area contributed by atoms with E-state index in [0.717, 1.165) is 17.3 Å². The van der Waals surface area contributed by atoms with Crippen molar-refractivity contribution in [3.63, 3.8) is 0 Å². The van der Waals surface area contributed by atoms with Crippen LogP contribution >= 0.6 is 15.9 Å². The third kappa shape index (κ3) is 3.78. The van der Waals surface area contributed by atoms with Crippen LogP contribution in [-0.2, 0) is 9.59 Å². The van der Waals surface area contributed by atoms with Crippen LogP contribution in [-0.4, -0.2) is 30.1 Å². The second kappa shape index (κ2) is 5.71. The molecular formula is C13H15BrN2O3. The minimum Gasteiger partial charge on any atom is -0.396 e. The van der Waals surface area contributed by atoms with E-state index in [9.17, 15) is 9.59 Å². The molecule has 102 valence electrons. The van der Waals surface area contributed by atoms with Gasteiger partial charge in [0, 0.05) is 22.1 Å². The Labute approximate surface area is 119 Å². The molecule has 0 saturated heterocycles. The Balaban J connectivity index is 1.82. The van der Waals surface area contributed by atoms with Gasteiger partial charge in [0.05, 0.1) is 6.61 Å². The highest BCUT2D eigenvalue weighted by atomic mass is 79.9. The summed E-state index contributed by atoms with van der Waals surface area (Å²) in [7, 11) is 0. The number of rotatable bonds is 4. The molecule has 1 aliphatic carbocycles. The van der Waals surface area contributed by atoms with Gasteiger partial charge in [-0.25, -0.2) is 0 Å². The molecule has 1 aliphatic rings. The number of hydrogen-bond acceptors (Lipinski definition) is 3. The Morgan fingerprint density at radius 2 is 1.84 bits per heavy atom. The lowest BCUT2D eigenvalue weighted by Crippen LogP contribution is -2.39. The summed E-state index contributed by atoms with van der Waals surface area (Å²) < 4.78 is 0.897. The van der Waals surface area contributed by atoms with Gasteiger partial charge in [-0.05, 0) is 37.1 Å². The zero-order valence-electron chi connectivity index (χ0n) is 10.3. The van der Waals surface area contributed by atoms with E-state index in [-0.39, 0.29) is 12.0 Å². The van der Waals surface area contributed by atoms with E-state index in [1.54, 1.807) is 24.3 Å². The van der Waals surface area contributed by atoms with E-state index in [1.165, 1.54) is 0 Å². The normalized spacial score (nSPS) is 15.7. The van der Waals surface area contributed by atoms with Crippen LogP contribution < -0.4 is 10.6 Å². The molecule has 19 heavy (non-hydrogen) atoms. The summed E-state index contributed by atoms with van der Waals surface area (Å²) in [6.45, 7) is 0.387. The van der Waals surface area contributed by atoms with Gasteiger partial charge in [-0.3, -0.25) is 9.59 Å². The van der Waals surface area contributed by atoms with E-state index in [2.05, 4.69) is 26.6 Å². The van der Waals surface area contributed by atoms with Crippen molar-refractivity contribution in [2.75, 3.05) is 18.5 Å². The Hall–Kier alpha value is -1.40. The van der Waals surface area contributed by atoms with Crippen molar-refractivity contribution in [3.8, 4) is 0 Å². The van der Waals surface area contributed by atoms with Crippen molar-refractivity contribution in [2.24, 2.45) is 5.41 Å². The monoisotopic (exact) mass is 326 g/mol. The van der Waals surface area contributed by atoms with E-state index in [0.29, 0.717) is 12.2 Å². The van der Waals surface area contributed by atoms with Crippen LogP contribution in [0.3, 0.4) is 0 Å². The molecule has 2 rings (SSSR count).